The Balaban J connectivity index is 0.000000126. The number of benzene rings is 15. The van der Waals surface area contributed by atoms with Crippen molar-refractivity contribution in [3.8, 4) is 234 Å². The quantitative estimate of drug-likeness (QED) is 0.0421. The van der Waals surface area contributed by atoms with Crippen molar-refractivity contribution in [3.05, 3.63) is 388 Å². The van der Waals surface area contributed by atoms with E-state index in [2.05, 4.69) is 69.8 Å². The van der Waals surface area contributed by atoms with Crippen molar-refractivity contribution < 1.29 is 58.7 Å². The zero-order valence-corrected chi connectivity index (χ0v) is 76.2. The second-order valence-electron chi connectivity index (χ2n) is 30.3. The highest BCUT2D eigenvalue weighted by Gasteiger charge is 2.24. The zero-order valence-electron chi connectivity index (χ0n) is 76.2. The molecule has 0 radical (unpaired) electrons. The van der Waals surface area contributed by atoms with Crippen molar-refractivity contribution in [2.45, 2.75) is 6.92 Å². The van der Waals surface area contributed by atoms with Gasteiger partial charge in [-0.2, -0.15) is 9.97 Å². The third-order valence-corrected chi connectivity index (χ3v) is 21.3. The molecule has 0 unspecified atom stereocenters. The molecule has 0 fully saturated rings. The molecule has 0 aliphatic carbocycles. The van der Waals surface area contributed by atoms with E-state index in [1.165, 1.54) is 0 Å². The lowest BCUT2D eigenvalue weighted by atomic mass is 10.1. The lowest BCUT2D eigenvalue weighted by Gasteiger charge is -2.14. The van der Waals surface area contributed by atoms with E-state index in [0.29, 0.717) is 149 Å². The number of nitrogens with zero attached hydrogens (tertiary/aromatic N) is 15. The average molecular weight is 1840 g/mol. The third kappa shape index (κ3) is 23.0. The molecule has 0 aliphatic rings. The second kappa shape index (κ2) is 44.9. The number of hydrogen-bond acceptors (Lipinski definition) is 27. The minimum absolute atomic E-state index is 0.0542. The number of aryl methyl sites for hydroxylation is 1. The summed E-state index contributed by atoms with van der Waals surface area (Å²) in [6.07, 6.45) is 0. The molecule has 0 aliphatic heterocycles. The molecule has 0 bridgehead atoms. The van der Waals surface area contributed by atoms with Crippen molar-refractivity contribution >= 4 is 0 Å². The highest BCUT2D eigenvalue weighted by Crippen LogP contribution is 2.43. The fraction of sp³-hybridized carbons (Fsp3) is 0.0625. The molecule has 139 heavy (non-hydrogen) atoms. The van der Waals surface area contributed by atoms with Gasteiger partial charge in [-0.1, -0.05) is 255 Å². The van der Waals surface area contributed by atoms with Gasteiger partial charge in [-0.15, -0.1) is 0 Å². The maximum absolute atomic E-state index is 10.4. The first-order chi connectivity index (χ1) is 68.1. The first kappa shape index (κ1) is 93.2. The summed E-state index contributed by atoms with van der Waals surface area (Å²) in [5.74, 6) is 11.1. The van der Waals surface area contributed by atoms with Crippen LogP contribution in [0.15, 0.2) is 382 Å². The molecule has 20 aromatic rings. The van der Waals surface area contributed by atoms with Crippen LogP contribution in [-0.4, -0.2) is 143 Å². The van der Waals surface area contributed by atoms with Gasteiger partial charge in [-0.3, -0.25) is 0 Å². The van der Waals surface area contributed by atoms with Gasteiger partial charge < -0.3 is 58.7 Å². The predicted molar refractivity (Wildman–Crippen MR) is 534 cm³/mol. The zero-order chi connectivity index (χ0) is 96.4. The number of aromatic hydroxyl groups is 5. The Morgan fingerprint density at radius 2 is 0.432 bits per heavy atom. The van der Waals surface area contributed by atoms with E-state index < -0.39 is 0 Å². The minimum atomic E-state index is 0.0542. The molecular formula is C112H89N15O12. The van der Waals surface area contributed by atoms with E-state index in [-0.39, 0.29) is 34.8 Å². The molecule has 684 valence electrons. The second-order valence-corrected chi connectivity index (χ2v) is 30.3. The maximum Gasteiger partial charge on any atom is 0.326 e. The Morgan fingerprint density at radius 3 is 0.777 bits per heavy atom. The van der Waals surface area contributed by atoms with Crippen LogP contribution in [0.1, 0.15) is 5.56 Å². The summed E-state index contributed by atoms with van der Waals surface area (Å²) in [6.45, 7) is 2.02. The smallest absolute Gasteiger partial charge is 0.326 e. The number of ether oxygens (including phenoxy) is 7. The van der Waals surface area contributed by atoms with Gasteiger partial charge in [-0.25, -0.2) is 64.8 Å². The Kier molecular flexibility index (Phi) is 30.1. The number of phenols is 5. The monoisotopic (exact) mass is 1840 g/mol. The average Bonchev–Trinajstić information content (AvgIpc) is 0.774. The Morgan fingerprint density at radius 1 is 0.173 bits per heavy atom. The van der Waals surface area contributed by atoms with Gasteiger partial charge in [0, 0.05) is 50.6 Å². The van der Waals surface area contributed by atoms with Crippen molar-refractivity contribution in [1.82, 2.24) is 74.8 Å². The van der Waals surface area contributed by atoms with Crippen LogP contribution in [-0.2, 0) is 0 Å². The van der Waals surface area contributed by atoms with Crippen LogP contribution in [0, 0.1) is 6.92 Å². The molecule has 0 amide bonds. The van der Waals surface area contributed by atoms with Gasteiger partial charge in [0.05, 0.1) is 76.0 Å². The van der Waals surface area contributed by atoms with Gasteiger partial charge >= 0.3 is 6.01 Å². The molecule has 27 heteroatoms. The SMILES string of the molecule is COc1cc(-c2nc(-c3ccccc3)nc(-c3ccccc3O)n2)cc(OC)c1OC.COc1ccc(-c2nc(-c3ccccc3)nc(-c3ccccc3)n2)c(O)c1.COc1ccc(-c2nc(-c3ccccc3)nc(-c3ccccc3O)n2)cc1.COc1ccccc1-c1nc(-c2ccccc2C)nc(-c2ccccc2O)n1.Oc1ccccc1-c1nc(Oc2ccccc2)nc(-c2ccccc2)n1. The number of methoxy groups -OCH3 is 6. The van der Waals surface area contributed by atoms with Gasteiger partial charge in [0.1, 0.15) is 51.7 Å². The van der Waals surface area contributed by atoms with Crippen LogP contribution in [0.4, 0.5) is 0 Å². The molecule has 0 saturated carbocycles. The minimum Gasteiger partial charge on any atom is -0.507 e. The number of para-hydroxylation sites is 6. The molecule has 5 heterocycles. The molecule has 15 aromatic carbocycles. The normalized spacial score (nSPS) is 10.6. The summed E-state index contributed by atoms with van der Waals surface area (Å²) in [6, 6.07) is 117. The number of phenolic OH excluding ortho intramolecular Hbond substituents is 5. The van der Waals surface area contributed by atoms with Crippen molar-refractivity contribution in [2.24, 2.45) is 0 Å². The summed E-state index contributed by atoms with van der Waals surface area (Å²) in [4.78, 5) is 68.9. The molecule has 5 N–H and O–H groups in total. The van der Waals surface area contributed by atoms with E-state index in [4.69, 9.17) is 38.1 Å². The van der Waals surface area contributed by atoms with Gasteiger partial charge in [0.15, 0.2) is 93.0 Å². The summed E-state index contributed by atoms with van der Waals surface area (Å²) >= 11 is 0. The van der Waals surface area contributed by atoms with Crippen LogP contribution >= 0.6 is 0 Å². The van der Waals surface area contributed by atoms with Crippen molar-refractivity contribution in [3.63, 3.8) is 0 Å². The van der Waals surface area contributed by atoms with Crippen LogP contribution in [0.3, 0.4) is 0 Å². The third-order valence-electron chi connectivity index (χ3n) is 21.3. The molecule has 27 nitrogen and oxygen atoms in total. The van der Waals surface area contributed by atoms with Gasteiger partial charge in [0.2, 0.25) is 5.75 Å². The first-order valence-corrected chi connectivity index (χ1v) is 43.6. The first-order valence-electron chi connectivity index (χ1n) is 43.6. The van der Waals surface area contributed by atoms with Crippen LogP contribution < -0.4 is 33.2 Å². The van der Waals surface area contributed by atoms with Crippen LogP contribution in [0.5, 0.6) is 75.0 Å². The molecule has 0 saturated heterocycles. The van der Waals surface area contributed by atoms with Gasteiger partial charge in [0.25, 0.3) is 0 Å². The summed E-state index contributed by atoms with van der Waals surface area (Å²) in [5.41, 5.74) is 11.2. The van der Waals surface area contributed by atoms with E-state index in [9.17, 15) is 25.5 Å². The van der Waals surface area contributed by atoms with Gasteiger partial charge in [-0.05, 0) is 134 Å². The van der Waals surface area contributed by atoms with E-state index >= 15 is 0 Å². The fourth-order valence-corrected chi connectivity index (χ4v) is 14.3. The fourth-order valence-electron chi connectivity index (χ4n) is 14.3. The summed E-state index contributed by atoms with van der Waals surface area (Å²) in [7, 11) is 9.45. The molecule has 20 rings (SSSR count). The van der Waals surface area contributed by atoms with Crippen LogP contribution in [0.2, 0.25) is 0 Å². The number of aromatic nitrogens is 15. The van der Waals surface area contributed by atoms with Crippen molar-refractivity contribution in [1.29, 1.82) is 0 Å². The predicted octanol–water partition coefficient (Wildman–Crippen LogP) is 23.4. The van der Waals surface area contributed by atoms with E-state index in [1.807, 2.05) is 286 Å². The molecule has 0 atom stereocenters. The van der Waals surface area contributed by atoms with Crippen molar-refractivity contribution in [2.75, 3.05) is 42.7 Å². The van der Waals surface area contributed by atoms with Crippen LogP contribution in [0.25, 0.3) is 159 Å². The summed E-state index contributed by atoms with van der Waals surface area (Å²) < 4.78 is 38.0. The van der Waals surface area contributed by atoms with E-state index in [0.717, 1.165) is 55.8 Å². The Hall–Kier alpha value is -19.1. The summed E-state index contributed by atoms with van der Waals surface area (Å²) in [5, 5.41) is 51.5. The molecule has 0 spiro atoms. The molecular weight excluding hydrogens is 1750 g/mol. The van der Waals surface area contributed by atoms with E-state index in [1.54, 1.807) is 146 Å². The largest absolute Gasteiger partial charge is 0.507 e. The Labute approximate surface area is 800 Å². The topological polar surface area (TPSA) is 359 Å². The molecule has 5 aromatic heterocycles. The maximum atomic E-state index is 10.4. The lowest BCUT2D eigenvalue weighted by Crippen LogP contribution is -2.02. The standard InChI is InChI=1S/C24H21N3O4.C23H19N3O2.2C22H17N3O2.C21H15N3O2/c1-29-19-13-16(14-20(30-2)21(19)31-3)23-25-22(15-9-5-4-6-10-15)26-24(27-23)17-11-7-8-12-18(17)28;1-15-9-3-4-10-16(15)21-24-22(17-11-5-7-13-19(17)27)26-23(25-21)18-12-6-8-14-20(18)28-2;1-27-17-12-13-18(19(26)14-17)22-24-20(15-8-4-2-5-9-15)23-21(25-22)16-10-6-3-7-11-16;1-27-17-13-11-16(12-14-17)21-23-20(15-7-3-2-4-8-15)24-22(25-21)18-9-5-6-10-19(18)26;25-18-14-8-7-13-17(18)20-22-19(15-9-3-1-4-10-15)23-21(24-20)26-16-11-5-2-6-12-16/h4-14,28H,1-3H3;3-14,27H,1-2H3;2*2-14,26H,1H3;1-14,25H. The Bertz CT molecular complexity index is 7390. The number of hydrogen-bond donors (Lipinski definition) is 5. The highest BCUT2D eigenvalue weighted by atomic mass is 16.5. The lowest BCUT2D eigenvalue weighted by molar-refractivity contribution is 0.324. The highest BCUT2D eigenvalue weighted by molar-refractivity contribution is 5.78. The number of rotatable bonds is 22.